The molecule has 0 spiro atoms. The highest BCUT2D eigenvalue weighted by molar-refractivity contribution is 5.25. The van der Waals surface area contributed by atoms with Crippen molar-refractivity contribution in [3.8, 4) is 0 Å². The van der Waals surface area contributed by atoms with E-state index >= 15 is 0 Å². The Labute approximate surface area is 109 Å². The van der Waals surface area contributed by atoms with E-state index in [1.807, 2.05) is 17.9 Å². The summed E-state index contributed by atoms with van der Waals surface area (Å²) in [5, 5.41) is 7.81. The van der Waals surface area contributed by atoms with Gasteiger partial charge >= 0.3 is 0 Å². The average molecular weight is 243 g/mol. The molecule has 0 aliphatic carbocycles. The molecule has 0 aliphatic rings. The second kappa shape index (κ2) is 5.36. The maximum Gasteiger partial charge on any atom is 0.0547 e. The molecular weight excluding hydrogens is 222 g/mol. The molecule has 2 rings (SSSR count). The molecule has 3 heteroatoms. The maximum absolute atomic E-state index is 4.21. The molecule has 1 heterocycles. The van der Waals surface area contributed by atoms with Crippen molar-refractivity contribution < 1.29 is 0 Å². The smallest absolute Gasteiger partial charge is 0.0547 e. The quantitative estimate of drug-likeness (QED) is 0.894. The van der Waals surface area contributed by atoms with Crippen LogP contribution in [0.5, 0.6) is 0 Å². The van der Waals surface area contributed by atoms with Gasteiger partial charge in [0.25, 0.3) is 0 Å². The third-order valence-corrected chi connectivity index (χ3v) is 3.34. The van der Waals surface area contributed by atoms with Gasteiger partial charge in [-0.25, -0.2) is 0 Å². The Hall–Kier alpha value is -1.61. The molecule has 1 N–H and O–H groups in total. The predicted octanol–water partition coefficient (Wildman–Crippen LogP) is 3.14. The normalized spacial score (nSPS) is 14.4. The second-order valence-corrected chi connectivity index (χ2v) is 4.90. The van der Waals surface area contributed by atoms with Gasteiger partial charge in [-0.15, -0.1) is 0 Å². The SMILES string of the molecule is Cc1cccc([C@@H](C)NC(C)c2ccnn2C)c1. The highest BCUT2D eigenvalue weighted by Gasteiger charge is 2.13. The summed E-state index contributed by atoms with van der Waals surface area (Å²) < 4.78 is 1.92. The molecule has 0 saturated carbocycles. The summed E-state index contributed by atoms with van der Waals surface area (Å²) in [4.78, 5) is 0. The van der Waals surface area contributed by atoms with E-state index in [2.05, 4.69) is 61.5 Å². The highest BCUT2D eigenvalue weighted by atomic mass is 15.3. The lowest BCUT2D eigenvalue weighted by Crippen LogP contribution is -2.24. The highest BCUT2D eigenvalue weighted by Crippen LogP contribution is 2.19. The molecule has 0 bridgehead atoms. The minimum atomic E-state index is 0.285. The summed E-state index contributed by atoms with van der Waals surface area (Å²) in [5.41, 5.74) is 3.83. The fourth-order valence-electron chi connectivity index (χ4n) is 2.30. The molecule has 3 nitrogen and oxygen atoms in total. The molecule has 2 atom stereocenters. The van der Waals surface area contributed by atoms with Crippen LogP contribution in [0.25, 0.3) is 0 Å². The summed E-state index contributed by atoms with van der Waals surface area (Å²) in [6.07, 6.45) is 1.84. The van der Waals surface area contributed by atoms with Crippen LogP contribution in [-0.4, -0.2) is 9.78 Å². The average Bonchev–Trinajstić information content (AvgIpc) is 2.75. The molecule has 0 aliphatic heterocycles. The van der Waals surface area contributed by atoms with E-state index in [1.54, 1.807) is 0 Å². The largest absolute Gasteiger partial charge is 0.302 e. The molecule has 0 saturated heterocycles. The first-order valence-electron chi connectivity index (χ1n) is 6.38. The fraction of sp³-hybridized carbons (Fsp3) is 0.400. The van der Waals surface area contributed by atoms with E-state index in [4.69, 9.17) is 0 Å². The molecule has 1 aromatic carbocycles. The van der Waals surface area contributed by atoms with Crippen molar-refractivity contribution in [2.75, 3.05) is 0 Å². The lowest BCUT2D eigenvalue weighted by molar-refractivity contribution is 0.469. The lowest BCUT2D eigenvalue weighted by Gasteiger charge is -2.21. The third kappa shape index (κ3) is 2.79. The second-order valence-electron chi connectivity index (χ2n) is 4.90. The third-order valence-electron chi connectivity index (χ3n) is 3.34. The number of rotatable bonds is 4. The van der Waals surface area contributed by atoms with Crippen LogP contribution < -0.4 is 5.32 Å². The minimum Gasteiger partial charge on any atom is -0.302 e. The van der Waals surface area contributed by atoms with E-state index < -0.39 is 0 Å². The molecule has 1 unspecified atom stereocenters. The van der Waals surface area contributed by atoms with Crippen LogP contribution in [0.1, 0.15) is 42.8 Å². The number of benzene rings is 1. The Kier molecular flexibility index (Phi) is 3.82. The minimum absolute atomic E-state index is 0.285. The van der Waals surface area contributed by atoms with Crippen molar-refractivity contribution in [3.63, 3.8) is 0 Å². The molecule has 1 aromatic heterocycles. The number of hydrogen-bond acceptors (Lipinski definition) is 2. The molecule has 0 fully saturated rings. The first-order chi connectivity index (χ1) is 8.58. The van der Waals surface area contributed by atoms with Crippen molar-refractivity contribution >= 4 is 0 Å². The van der Waals surface area contributed by atoms with Crippen molar-refractivity contribution in [1.82, 2.24) is 15.1 Å². The summed E-state index contributed by atoms with van der Waals surface area (Å²) in [6, 6.07) is 11.3. The molecule has 0 radical (unpaired) electrons. The van der Waals surface area contributed by atoms with Gasteiger partial charge in [-0.1, -0.05) is 29.8 Å². The van der Waals surface area contributed by atoms with Crippen LogP contribution in [0.15, 0.2) is 36.5 Å². The molecule has 2 aromatic rings. The number of aromatic nitrogens is 2. The van der Waals surface area contributed by atoms with E-state index in [9.17, 15) is 0 Å². The molecular formula is C15H21N3. The van der Waals surface area contributed by atoms with Gasteiger partial charge in [-0.2, -0.15) is 5.10 Å². The first kappa shape index (κ1) is 12.8. The predicted molar refractivity (Wildman–Crippen MR) is 74.4 cm³/mol. The van der Waals surface area contributed by atoms with E-state index in [0.717, 1.165) is 0 Å². The van der Waals surface area contributed by atoms with Crippen LogP contribution in [-0.2, 0) is 7.05 Å². The van der Waals surface area contributed by atoms with Crippen LogP contribution in [0, 0.1) is 6.92 Å². The van der Waals surface area contributed by atoms with Crippen molar-refractivity contribution in [2.45, 2.75) is 32.9 Å². The molecule has 96 valence electrons. The van der Waals surface area contributed by atoms with E-state index in [1.165, 1.54) is 16.8 Å². The Balaban J connectivity index is 2.08. The number of nitrogens with one attached hydrogen (secondary N) is 1. The number of nitrogens with zero attached hydrogens (tertiary/aromatic N) is 2. The van der Waals surface area contributed by atoms with Gasteiger partial charge < -0.3 is 5.32 Å². The zero-order chi connectivity index (χ0) is 13.1. The lowest BCUT2D eigenvalue weighted by atomic mass is 10.0. The van der Waals surface area contributed by atoms with Crippen LogP contribution >= 0.6 is 0 Å². The van der Waals surface area contributed by atoms with Gasteiger partial charge in [-0.3, -0.25) is 4.68 Å². The summed E-state index contributed by atoms with van der Waals surface area (Å²) in [6.45, 7) is 6.49. The van der Waals surface area contributed by atoms with Crippen molar-refractivity contribution in [3.05, 3.63) is 53.3 Å². The Bertz CT molecular complexity index is 516. The zero-order valence-electron chi connectivity index (χ0n) is 11.5. The standard InChI is InChI=1S/C15H21N3/c1-11-6-5-7-14(10-11)12(2)17-13(3)15-8-9-16-18(15)4/h5-10,12-13,17H,1-4H3/t12-,13?/m1/s1. The van der Waals surface area contributed by atoms with Gasteiger partial charge in [0.05, 0.1) is 5.69 Å². The van der Waals surface area contributed by atoms with Gasteiger partial charge in [0, 0.05) is 25.3 Å². The molecule has 0 amide bonds. The Morgan fingerprint density at radius 2 is 1.94 bits per heavy atom. The van der Waals surface area contributed by atoms with Gasteiger partial charge in [0.2, 0.25) is 0 Å². The van der Waals surface area contributed by atoms with Crippen molar-refractivity contribution in [1.29, 1.82) is 0 Å². The Morgan fingerprint density at radius 3 is 2.56 bits per heavy atom. The van der Waals surface area contributed by atoms with Gasteiger partial charge in [0.1, 0.15) is 0 Å². The van der Waals surface area contributed by atoms with Gasteiger partial charge in [0.15, 0.2) is 0 Å². The Morgan fingerprint density at radius 1 is 1.17 bits per heavy atom. The first-order valence-corrected chi connectivity index (χ1v) is 6.38. The van der Waals surface area contributed by atoms with Crippen molar-refractivity contribution in [2.24, 2.45) is 7.05 Å². The number of hydrogen-bond donors (Lipinski definition) is 1. The van der Waals surface area contributed by atoms with E-state index in [0.29, 0.717) is 6.04 Å². The summed E-state index contributed by atoms with van der Waals surface area (Å²) >= 11 is 0. The maximum atomic E-state index is 4.21. The number of aryl methyl sites for hydroxylation is 2. The topological polar surface area (TPSA) is 29.9 Å². The van der Waals surface area contributed by atoms with E-state index in [-0.39, 0.29) is 6.04 Å². The molecule has 18 heavy (non-hydrogen) atoms. The van der Waals surface area contributed by atoms with Crippen LogP contribution in [0.3, 0.4) is 0 Å². The van der Waals surface area contributed by atoms with Crippen LogP contribution in [0.2, 0.25) is 0 Å². The van der Waals surface area contributed by atoms with Crippen LogP contribution in [0.4, 0.5) is 0 Å². The summed E-state index contributed by atoms with van der Waals surface area (Å²) in [7, 11) is 1.98. The fourth-order valence-corrected chi connectivity index (χ4v) is 2.30. The zero-order valence-corrected chi connectivity index (χ0v) is 11.5. The monoisotopic (exact) mass is 243 g/mol. The van der Waals surface area contributed by atoms with Gasteiger partial charge in [-0.05, 0) is 32.4 Å². The summed E-state index contributed by atoms with van der Waals surface area (Å²) in [5.74, 6) is 0.